The molecule has 0 bridgehead atoms. The van der Waals surface area contributed by atoms with Crippen molar-refractivity contribution in [3.05, 3.63) is 12.4 Å². The smallest absolute Gasteiger partial charge is 0.359 e. The molecule has 0 radical (unpaired) electrons. The first-order valence-electron chi connectivity index (χ1n) is 5.24. The molecule has 0 amide bonds. The Morgan fingerprint density at radius 2 is 1.72 bits per heavy atom. The average Bonchev–Trinajstić information content (AvgIpc) is 2.56. The van der Waals surface area contributed by atoms with Gasteiger partial charge in [0.15, 0.2) is 0 Å². The van der Waals surface area contributed by atoms with Gasteiger partial charge in [0.25, 0.3) is 0 Å². The minimum Gasteiger partial charge on any atom is -0.359 e. The third-order valence-corrected chi connectivity index (χ3v) is 2.95. The third-order valence-electron chi connectivity index (χ3n) is 2.37. The third kappa shape index (κ3) is 4.73. The van der Waals surface area contributed by atoms with Crippen molar-refractivity contribution >= 4 is 10.1 Å². The Hall–Kier alpha value is -0.960. The standard InChI is InChI=1S/C8H16N2.CHF3O3S/c1-4-8-9(3)6-7-10(8)5-2;2-1(3,4)8(5,6)7/h6-8H,4-5H2,1-3H3;(H,5,6,7). The van der Waals surface area contributed by atoms with Crippen LogP contribution in [0.3, 0.4) is 0 Å². The molecule has 1 rings (SSSR count). The Balaban J connectivity index is 0.000000331. The van der Waals surface area contributed by atoms with Gasteiger partial charge in [-0.1, -0.05) is 6.92 Å². The highest BCUT2D eigenvalue weighted by atomic mass is 32.2. The lowest BCUT2D eigenvalue weighted by Crippen LogP contribution is -2.35. The number of nitrogens with zero attached hydrogens (tertiary/aromatic N) is 2. The van der Waals surface area contributed by atoms with Gasteiger partial charge in [0.05, 0.1) is 0 Å². The van der Waals surface area contributed by atoms with Gasteiger partial charge in [0.2, 0.25) is 0 Å². The summed E-state index contributed by atoms with van der Waals surface area (Å²) in [7, 11) is -3.71. The molecular weight excluding hydrogens is 273 g/mol. The monoisotopic (exact) mass is 290 g/mol. The summed E-state index contributed by atoms with van der Waals surface area (Å²) in [5.74, 6) is 0. The zero-order chi connectivity index (χ0) is 14.6. The summed E-state index contributed by atoms with van der Waals surface area (Å²) < 4.78 is 57.5. The van der Waals surface area contributed by atoms with E-state index >= 15 is 0 Å². The zero-order valence-corrected chi connectivity index (χ0v) is 11.2. The van der Waals surface area contributed by atoms with Gasteiger partial charge >= 0.3 is 15.6 Å². The Labute approximate surface area is 105 Å². The Kier molecular flexibility index (Phi) is 5.94. The number of hydrogen-bond donors (Lipinski definition) is 1. The van der Waals surface area contributed by atoms with Crippen LogP contribution in [0.1, 0.15) is 20.3 Å². The largest absolute Gasteiger partial charge is 0.522 e. The molecule has 5 nitrogen and oxygen atoms in total. The predicted molar refractivity (Wildman–Crippen MR) is 61.0 cm³/mol. The molecule has 0 aliphatic carbocycles. The van der Waals surface area contributed by atoms with E-state index in [0.717, 1.165) is 6.54 Å². The van der Waals surface area contributed by atoms with Gasteiger partial charge in [-0.25, -0.2) is 0 Å². The van der Waals surface area contributed by atoms with E-state index in [1.54, 1.807) is 0 Å². The van der Waals surface area contributed by atoms with Crippen LogP contribution < -0.4 is 0 Å². The molecular formula is C9H17F3N2O3S. The van der Waals surface area contributed by atoms with E-state index < -0.39 is 15.6 Å². The molecule has 0 spiro atoms. The predicted octanol–water partition coefficient (Wildman–Crippen LogP) is 1.86. The molecule has 1 N–H and O–H groups in total. The first kappa shape index (κ1) is 17.0. The van der Waals surface area contributed by atoms with Crippen molar-refractivity contribution in [2.24, 2.45) is 0 Å². The van der Waals surface area contributed by atoms with Crippen LogP contribution in [0.4, 0.5) is 13.2 Å². The Morgan fingerprint density at radius 3 is 1.94 bits per heavy atom. The van der Waals surface area contributed by atoms with Gasteiger partial charge < -0.3 is 9.80 Å². The van der Waals surface area contributed by atoms with Gasteiger partial charge in [-0.3, -0.25) is 4.55 Å². The zero-order valence-electron chi connectivity index (χ0n) is 10.3. The van der Waals surface area contributed by atoms with Gasteiger partial charge in [-0.05, 0) is 13.3 Å². The summed E-state index contributed by atoms with van der Waals surface area (Å²) in [6.45, 7) is 5.52. The average molecular weight is 290 g/mol. The summed E-state index contributed by atoms with van der Waals surface area (Å²) in [4.78, 5) is 4.60. The van der Waals surface area contributed by atoms with E-state index in [4.69, 9.17) is 13.0 Å². The van der Waals surface area contributed by atoms with Gasteiger partial charge in [0, 0.05) is 26.0 Å². The van der Waals surface area contributed by atoms with E-state index in [2.05, 4.69) is 43.1 Å². The normalized spacial score (nSPS) is 19.8. The molecule has 1 atom stereocenters. The maximum absolute atomic E-state index is 10.7. The second-order valence-corrected chi connectivity index (χ2v) is 5.02. The molecule has 0 saturated carbocycles. The van der Waals surface area contributed by atoms with Crippen molar-refractivity contribution in [2.75, 3.05) is 13.6 Å². The van der Waals surface area contributed by atoms with Crippen LogP contribution in [-0.4, -0.2) is 48.0 Å². The van der Waals surface area contributed by atoms with Crippen LogP contribution in [0, 0.1) is 0 Å². The quantitative estimate of drug-likeness (QED) is 0.621. The minimum absolute atomic E-state index is 0.602. The highest BCUT2D eigenvalue weighted by Gasteiger charge is 2.44. The number of rotatable bonds is 2. The summed E-state index contributed by atoms with van der Waals surface area (Å²) in [6, 6.07) is 0. The van der Waals surface area contributed by atoms with Crippen molar-refractivity contribution in [1.29, 1.82) is 0 Å². The van der Waals surface area contributed by atoms with Crippen molar-refractivity contribution < 1.29 is 26.1 Å². The molecule has 1 unspecified atom stereocenters. The highest BCUT2D eigenvalue weighted by molar-refractivity contribution is 7.86. The van der Waals surface area contributed by atoms with Crippen LogP contribution in [0.5, 0.6) is 0 Å². The topological polar surface area (TPSA) is 60.9 Å². The second kappa shape index (κ2) is 6.28. The molecule has 1 aliphatic heterocycles. The fourth-order valence-electron chi connectivity index (χ4n) is 1.46. The van der Waals surface area contributed by atoms with Gasteiger partial charge in [-0.15, -0.1) is 0 Å². The first-order chi connectivity index (χ1) is 8.04. The van der Waals surface area contributed by atoms with Crippen LogP contribution in [0.2, 0.25) is 0 Å². The molecule has 0 saturated heterocycles. The highest BCUT2D eigenvalue weighted by Crippen LogP contribution is 2.20. The molecule has 1 heterocycles. The lowest BCUT2D eigenvalue weighted by Gasteiger charge is -2.28. The maximum atomic E-state index is 10.7. The van der Waals surface area contributed by atoms with Crippen LogP contribution >= 0.6 is 0 Å². The summed E-state index contributed by atoms with van der Waals surface area (Å²) >= 11 is 0. The van der Waals surface area contributed by atoms with E-state index in [-0.39, 0.29) is 0 Å². The van der Waals surface area contributed by atoms with Crippen molar-refractivity contribution in [2.45, 2.75) is 31.9 Å². The molecule has 0 fully saturated rings. The van der Waals surface area contributed by atoms with Crippen LogP contribution in [0.25, 0.3) is 0 Å². The number of halogens is 3. The summed E-state index contributed by atoms with van der Waals surface area (Å²) in [5, 5.41) is 0. The maximum Gasteiger partial charge on any atom is 0.522 e. The minimum atomic E-state index is -5.84. The SMILES string of the molecule is CCC1N(C)C=CN1CC.O=S(=O)(O)C(F)(F)F. The molecule has 1 aliphatic rings. The fraction of sp³-hybridized carbons (Fsp3) is 0.778. The molecule has 108 valence electrons. The fourth-order valence-corrected chi connectivity index (χ4v) is 1.46. The van der Waals surface area contributed by atoms with E-state index in [9.17, 15) is 13.2 Å². The summed E-state index contributed by atoms with van der Waals surface area (Å²) in [6.07, 6.45) is 6.09. The first-order valence-corrected chi connectivity index (χ1v) is 6.68. The molecule has 0 aromatic rings. The lowest BCUT2D eigenvalue weighted by atomic mass is 10.3. The number of alkyl halides is 3. The van der Waals surface area contributed by atoms with Crippen molar-refractivity contribution in [1.82, 2.24) is 9.80 Å². The Bertz CT molecular complexity index is 381. The van der Waals surface area contributed by atoms with E-state index in [1.807, 2.05) is 0 Å². The van der Waals surface area contributed by atoms with E-state index in [0.29, 0.717) is 6.17 Å². The number of hydrogen-bond acceptors (Lipinski definition) is 4. The Morgan fingerprint density at radius 1 is 1.28 bits per heavy atom. The van der Waals surface area contributed by atoms with Gasteiger partial charge in [-0.2, -0.15) is 21.6 Å². The van der Waals surface area contributed by atoms with Gasteiger partial charge in [0.1, 0.15) is 6.17 Å². The molecule has 0 aromatic carbocycles. The molecule has 0 aromatic heterocycles. The molecule has 18 heavy (non-hydrogen) atoms. The van der Waals surface area contributed by atoms with Crippen LogP contribution in [-0.2, 0) is 10.1 Å². The van der Waals surface area contributed by atoms with Crippen molar-refractivity contribution in [3.63, 3.8) is 0 Å². The van der Waals surface area contributed by atoms with E-state index in [1.165, 1.54) is 6.42 Å². The van der Waals surface area contributed by atoms with Crippen molar-refractivity contribution in [3.8, 4) is 0 Å². The van der Waals surface area contributed by atoms with Crippen LogP contribution in [0.15, 0.2) is 12.4 Å². The lowest BCUT2D eigenvalue weighted by molar-refractivity contribution is -0.0510. The molecule has 9 heteroatoms. The summed E-state index contributed by atoms with van der Waals surface area (Å²) in [5.41, 5.74) is -5.53. The second-order valence-electron chi connectivity index (χ2n) is 3.60.